The van der Waals surface area contributed by atoms with Crippen molar-refractivity contribution in [2.45, 2.75) is 13.8 Å². The normalized spacial score (nSPS) is 10.2. The average Bonchev–Trinajstić information content (AvgIpc) is 2.29. The highest BCUT2D eigenvalue weighted by molar-refractivity contribution is 5.57. The van der Waals surface area contributed by atoms with Gasteiger partial charge < -0.3 is 5.43 Å². The zero-order chi connectivity index (χ0) is 11.5. The van der Waals surface area contributed by atoms with Gasteiger partial charge in [0.05, 0.1) is 0 Å². The van der Waals surface area contributed by atoms with Crippen LogP contribution in [0.3, 0.4) is 0 Å². The molecule has 2 rings (SSSR count). The highest BCUT2D eigenvalue weighted by Crippen LogP contribution is 2.17. The number of hydrogen-bond donors (Lipinski definition) is 2. The summed E-state index contributed by atoms with van der Waals surface area (Å²) in [7, 11) is 0. The molecule has 0 aliphatic heterocycles. The molecule has 16 heavy (non-hydrogen) atoms. The molecule has 0 amide bonds. The number of anilines is 1. The van der Waals surface area contributed by atoms with Crippen molar-refractivity contribution >= 4 is 5.82 Å². The van der Waals surface area contributed by atoms with Crippen molar-refractivity contribution in [1.82, 2.24) is 9.97 Å². The van der Waals surface area contributed by atoms with Crippen LogP contribution in [0.5, 0.6) is 0 Å². The zero-order valence-electron chi connectivity index (χ0n) is 9.36. The van der Waals surface area contributed by atoms with E-state index in [0.29, 0.717) is 11.6 Å². The molecule has 1 aromatic heterocycles. The van der Waals surface area contributed by atoms with Crippen LogP contribution in [0, 0.1) is 13.8 Å². The molecule has 0 bridgehead atoms. The minimum atomic E-state index is 0.628. The summed E-state index contributed by atoms with van der Waals surface area (Å²) in [5, 5.41) is 0. The summed E-state index contributed by atoms with van der Waals surface area (Å²) in [5.74, 6) is 6.67. The van der Waals surface area contributed by atoms with Gasteiger partial charge in [0.1, 0.15) is 5.82 Å². The first-order valence-corrected chi connectivity index (χ1v) is 5.08. The Kier molecular flexibility index (Phi) is 2.83. The van der Waals surface area contributed by atoms with Crippen molar-refractivity contribution in [3.05, 3.63) is 41.6 Å². The Labute approximate surface area is 94.5 Å². The van der Waals surface area contributed by atoms with Crippen LogP contribution in [0.25, 0.3) is 11.4 Å². The first kappa shape index (κ1) is 10.6. The summed E-state index contributed by atoms with van der Waals surface area (Å²) < 4.78 is 0. The molecule has 1 heterocycles. The summed E-state index contributed by atoms with van der Waals surface area (Å²) in [5.41, 5.74) is 5.63. The topological polar surface area (TPSA) is 63.8 Å². The van der Waals surface area contributed by atoms with Gasteiger partial charge in [-0.15, -0.1) is 0 Å². The molecule has 0 fully saturated rings. The standard InChI is InChI=1S/C12H14N4/c1-8-3-5-10(6-4-8)12-14-9(2)7-11(15-12)16-13/h3-7H,13H2,1-2H3,(H,14,15,16). The van der Waals surface area contributed by atoms with Gasteiger partial charge in [-0.05, 0) is 13.8 Å². The Morgan fingerprint density at radius 3 is 2.38 bits per heavy atom. The molecule has 1 aromatic carbocycles. The number of aryl methyl sites for hydroxylation is 2. The fourth-order valence-corrected chi connectivity index (χ4v) is 1.47. The maximum absolute atomic E-state index is 5.35. The fourth-order valence-electron chi connectivity index (χ4n) is 1.47. The second-order valence-corrected chi connectivity index (χ2v) is 3.73. The summed E-state index contributed by atoms with van der Waals surface area (Å²) in [6.07, 6.45) is 0. The van der Waals surface area contributed by atoms with E-state index in [-0.39, 0.29) is 0 Å². The third-order valence-electron chi connectivity index (χ3n) is 2.31. The van der Waals surface area contributed by atoms with Crippen molar-refractivity contribution < 1.29 is 0 Å². The molecule has 0 saturated carbocycles. The summed E-state index contributed by atoms with van der Waals surface area (Å²) in [6.45, 7) is 3.97. The Bertz CT molecular complexity index is 491. The predicted octanol–water partition coefficient (Wildman–Crippen LogP) is 2.05. The monoisotopic (exact) mass is 214 g/mol. The number of nitrogens with two attached hydrogens (primary N) is 1. The highest BCUT2D eigenvalue weighted by atomic mass is 15.3. The number of nitrogens with one attached hydrogen (secondary N) is 1. The number of aromatic nitrogens is 2. The fraction of sp³-hybridized carbons (Fsp3) is 0.167. The molecular weight excluding hydrogens is 200 g/mol. The SMILES string of the molecule is Cc1ccc(-c2nc(C)cc(NN)n2)cc1. The Balaban J connectivity index is 2.47. The molecule has 4 nitrogen and oxygen atoms in total. The van der Waals surface area contributed by atoms with Gasteiger partial charge in [-0.25, -0.2) is 15.8 Å². The van der Waals surface area contributed by atoms with E-state index < -0.39 is 0 Å². The molecule has 0 aliphatic rings. The minimum absolute atomic E-state index is 0.628. The lowest BCUT2D eigenvalue weighted by molar-refractivity contribution is 1.09. The first-order chi connectivity index (χ1) is 7.69. The summed E-state index contributed by atoms with van der Waals surface area (Å²) in [4.78, 5) is 8.68. The van der Waals surface area contributed by atoms with Gasteiger partial charge in [0.15, 0.2) is 5.82 Å². The lowest BCUT2D eigenvalue weighted by atomic mass is 10.1. The van der Waals surface area contributed by atoms with E-state index in [1.54, 1.807) is 6.07 Å². The lowest BCUT2D eigenvalue weighted by Gasteiger charge is -2.05. The molecule has 0 spiro atoms. The van der Waals surface area contributed by atoms with Gasteiger partial charge in [-0.1, -0.05) is 29.8 Å². The van der Waals surface area contributed by atoms with E-state index in [4.69, 9.17) is 5.84 Å². The third-order valence-corrected chi connectivity index (χ3v) is 2.31. The molecule has 0 atom stereocenters. The quantitative estimate of drug-likeness (QED) is 0.593. The van der Waals surface area contributed by atoms with E-state index in [1.807, 2.05) is 38.1 Å². The van der Waals surface area contributed by atoms with Crippen molar-refractivity contribution in [2.24, 2.45) is 5.84 Å². The van der Waals surface area contributed by atoms with Crippen LogP contribution < -0.4 is 11.3 Å². The van der Waals surface area contributed by atoms with E-state index in [9.17, 15) is 0 Å². The smallest absolute Gasteiger partial charge is 0.161 e. The van der Waals surface area contributed by atoms with Gasteiger partial charge in [0, 0.05) is 17.3 Å². The molecule has 0 unspecified atom stereocenters. The molecule has 0 aliphatic carbocycles. The minimum Gasteiger partial charge on any atom is -0.308 e. The second-order valence-electron chi connectivity index (χ2n) is 3.73. The van der Waals surface area contributed by atoms with Crippen molar-refractivity contribution in [2.75, 3.05) is 5.43 Å². The highest BCUT2D eigenvalue weighted by Gasteiger charge is 2.03. The number of hydrogen-bond acceptors (Lipinski definition) is 4. The van der Waals surface area contributed by atoms with E-state index >= 15 is 0 Å². The van der Waals surface area contributed by atoms with Crippen molar-refractivity contribution in [1.29, 1.82) is 0 Å². The molecular formula is C12H14N4. The largest absolute Gasteiger partial charge is 0.308 e. The lowest BCUT2D eigenvalue weighted by Crippen LogP contribution is -2.09. The number of hydrazine groups is 1. The number of rotatable bonds is 2. The van der Waals surface area contributed by atoms with Crippen LogP contribution in [0.1, 0.15) is 11.3 Å². The first-order valence-electron chi connectivity index (χ1n) is 5.08. The van der Waals surface area contributed by atoms with Gasteiger partial charge in [0.25, 0.3) is 0 Å². The molecule has 0 radical (unpaired) electrons. The molecule has 0 saturated heterocycles. The van der Waals surface area contributed by atoms with Crippen LogP contribution in [-0.4, -0.2) is 9.97 Å². The van der Waals surface area contributed by atoms with Gasteiger partial charge >= 0.3 is 0 Å². The van der Waals surface area contributed by atoms with Crippen molar-refractivity contribution in [3.8, 4) is 11.4 Å². The van der Waals surface area contributed by atoms with Gasteiger partial charge in [-0.2, -0.15) is 0 Å². The van der Waals surface area contributed by atoms with Crippen LogP contribution in [0.15, 0.2) is 30.3 Å². The Hall–Kier alpha value is -1.94. The van der Waals surface area contributed by atoms with Crippen LogP contribution in [0.4, 0.5) is 5.82 Å². The maximum Gasteiger partial charge on any atom is 0.161 e. The van der Waals surface area contributed by atoms with Crippen LogP contribution >= 0.6 is 0 Å². The number of nitrogen functional groups attached to an aromatic ring is 1. The molecule has 2 aromatic rings. The van der Waals surface area contributed by atoms with Crippen molar-refractivity contribution in [3.63, 3.8) is 0 Å². The molecule has 3 N–H and O–H groups in total. The molecule has 82 valence electrons. The second kappa shape index (κ2) is 4.28. The van der Waals surface area contributed by atoms with E-state index in [1.165, 1.54) is 5.56 Å². The van der Waals surface area contributed by atoms with E-state index in [2.05, 4.69) is 15.4 Å². The molecule has 4 heteroatoms. The van der Waals surface area contributed by atoms with E-state index in [0.717, 1.165) is 11.3 Å². The number of benzene rings is 1. The third kappa shape index (κ3) is 2.17. The van der Waals surface area contributed by atoms with Gasteiger partial charge in [-0.3, -0.25) is 0 Å². The maximum atomic E-state index is 5.35. The average molecular weight is 214 g/mol. The number of nitrogens with zero attached hydrogens (tertiary/aromatic N) is 2. The summed E-state index contributed by atoms with van der Waals surface area (Å²) in [6, 6.07) is 9.89. The summed E-state index contributed by atoms with van der Waals surface area (Å²) >= 11 is 0. The zero-order valence-corrected chi connectivity index (χ0v) is 9.36. The van der Waals surface area contributed by atoms with Crippen LogP contribution in [0.2, 0.25) is 0 Å². The predicted molar refractivity (Wildman–Crippen MR) is 64.8 cm³/mol. The van der Waals surface area contributed by atoms with Gasteiger partial charge in [0.2, 0.25) is 0 Å². The Morgan fingerprint density at radius 1 is 1.06 bits per heavy atom. The van der Waals surface area contributed by atoms with Crippen LogP contribution in [-0.2, 0) is 0 Å². The Morgan fingerprint density at radius 2 is 1.75 bits per heavy atom.